The van der Waals surface area contributed by atoms with Crippen LogP contribution in [0.4, 0.5) is 10.5 Å². The molecule has 0 fully saturated rings. The third-order valence-electron chi connectivity index (χ3n) is 3.31. The van der Waals surface area contributed by atoms with Crippen LogP contribution in [-0.2, 0) is 4.79 Å². The molecule has 0 radical (unpaired) electrons. The van der Waals surface area contributed by atoms with E-state index in [1.54, 1.807) is 12.1 Å². The molecule has 4 N–H and O–H groups in total. The topological polar surface area (TPSA) is 84.2 Å². The molecule has 3 amide bonds. The fourth-order valence-electron chi connectivity index (χ4n) is 2.22. The molecule has 0 bridgehead atoms. The average molecular weight is 332 g/mol. The Morgan fingerprint density at radius 2 is 1.87 bits per heavy atom. The molecule has 0 aliphatic heterocycles. The number of rotatable bonds is 5. The van der Waals surface area contributed by atoms with Gasteiger partial charge in [0.05, 0.1) is 23.2 Å². The molecule has 0 heterocycles. The molecule has 0 saturated heterocycles. The summed E-state index contributed by atoms with van der Waals surface area (Å²) < 4.78 is 0. The zero-order valence-electron chi connectivity index (χ0n) is 12.7. The highest BCUT2D eigenvalue weighted by Gasteiger charge is 2.18. The van der Waals surface area contributed by atoms with Crippen molar-refractivity contribution in [1.29, 1.82) is 0 Å². The smallest absolute Gasteiger partial charge is 0.312 e. The minimum atomic E-state index is -0.681. The minimum Gasteiger partial charge on any atom is -0.352 e. The van der Waals surface area contributed by atoms with Gasteiger partial charge in [-0.05, 0) is 30.2 Å². The van der Waals surface area contributed by atoms with E-state index in [0.717, 1.165) is 11.1 Å². The van der Waals surface area contributed by atoms with Crippen LogP contribution in [0.2, 0.25) is 5.02 Å². The molecule has 2 aromatic carbocycles. The molecule has 0 saturated carbocycles. The Bertz CT molecular complexity index is 704. The Hall–Kier alpha value is -2.53. The van der Waals surface area contributed by atoms with Crippen LogP contribution in [0.5, 0.6) is 0 Å². The second-order valence-corrected chi connectivity index (χ2v) is 5.61. The zero-order valence-corrected chi connectivity index (χ0v) is 13.4. The van der Waals surface area contributed by atoms with Gasteiger partial charge in [-0.3, -0.25) is 4.79 Å². The predicted molar refractivity (Wildman–Crippen MR) is 91.3 cm³/mol. The van der Waals surface area contributed by atoms with Crippen molar-refractivity contribution in [2.75, 3.05) is 5.32 Å². The van der Waals surface area contributed by atoms with Crippen LogP contribution in [0, 0.1) is 6.92 Å². The van der Waals surface area contributed by atoms with E-state index in [2.05, 4.69) is 10.6 Å². The molecule has 1 unspecified atom stereocenters. The Labute approximate surface area is 139 Å². The molecule has 0 aliphatic rings. The summed E-state index contributed by atoms with van der Waals surface area (Å²) in [6.45, 7) is 1.92. The number of nitrogens with one attached hydrogen (secondary N) is 2. The summed E-state index contributed by atoms with van der Waals surface area (Å²) in [5.41, 5.74) is 7.54. The normalized spacial score (nSPS) is 11.6. The highest BCUT2D eigenvalue weighted by molar-refractivity contribution is 6.33. The average Bonchev–Trinajstić information content (AvgIpc) is 2.50. The number of carbonyl (C=O) groups is 2. The van der Waals surface area contributed by atoms with E-state index >= 15 is 0 Å². The summed E-state index contributed by atoms with van der Waals surface area (Å²) in [5, 5.41) is 5.80. The van der Waals surface area contributed by atoms with Gasteiger partial charge in [-0.1, -0.05) is 48.0 Å². The Morgan fingerprint density at radius 1 is 1.17 bits per heavy atom. The summed E-state index contributed by atoms with van der Waals surface area (Å²) in [7, 11) is 0. The maximum Gasteiger partial charge on any atom is 0.312 e. The summed E-state index contributed by atoms with van der Waals surface area (Å²) in [6, 6.07) is 13.4. The van der Waals surface area contributed by atoms with E-state index in [9.17, 15) is 9.59 Å². The SMILES string of the molecule is Cc1ccc(NC(=O)CC(NC(N)=O)c2ccccc2)c(Cl)c1. The molecule has 1 atom stereocenters. The van der Waals surface area contributed by atoms with Crippen molar-refractivity contribution in [2.45, 2.75) is 19.4 Å². The van der Waals surface area contributed by atoms with Crippen LogP contribution in [0.25, 0.3) is 0 Å². The molecule has 2 aromatic rings. The van der Waals surface area contributed by atoms with Crippen molar-refractivity contribution >= 4 is 29.2 Å². The molecule has 0 aliphatic carbocycles. The fourth-order valence-corrected chi connectivity index (χ4v) is 2.50. The van der Waals surface area contributed by atoms with Crippen molar-refractivity contribution in [3.8, 4) is 0 Å². The van der Waals surface area contributed by atoms with Crippen molar-refractivity contribution < 1.29 is 9.59 Å². The molecule has 23 heavy (non-hydrogen) atoms. The first-order valence-corrected chi connectivity index (χ1v) is 7.50. The van der Waals surface area contributed by atoms with Crippen LogP contribution in [0.1, 0.15) is 23.6 Å². The Balaban J connectivity index is 2.09. The van der Waals surface area contributed by atoms with Crippen LogP contribution in [0.15, 0.2) is 48.5 Å². The van der Waals surface area contributed by atoms with Gasteiger partial charge in [-0.2, -0.15) is 0 Å². The number of carbonyl (C=O) groups excluding carboxylic acids is 2. The fraction of sp³-hybridized carbons (Fsp3) is 0.176. The quantitative estimate of drug-likeness (QED) is 0.784. The third kappa shape index (κ3) is 5.00. The van der Waals surface area contributed by atoms with E-state index in [0.29, 0.717) is 10.7 Å². The molecular weight excluding hydrogens is 314 g/mol. The van der Waals surface area contributed by atoms with Crippen molar-refractivity contribution in [3.05, 3.63) is 64.7 Å². The minimum absolute atomic E-state index is 0.0527. The number of urea groups is 1. The number of nitrogens with two attached hydrogens (primary N) is 1. The number of benzene rings is 2. The molecular formula is C17H18ClN3O2. The van der Waals surface area contributed by atoms with Crippen molar-refractivity contribution in [2.24, 2.45) is 5.73 Å². The van der Waals surface area contributed by atoms with Crippen LogP contribution in [0.3, 0.4) is 0 Å². The van der Waals surface area contributed by atoms with Crippen LogP contribution < -0.4 is 16.4 Å². The molecule has 0 aromatic heterocycles. The molecule has 6 heteroatoms. The Kier molecular flexibility index (Phi) is 5.60. The van der Waals surface area contributed by atoms with Gasteiger partial charge < -0.3 is 16.4 Å². The van der Waals surface area contributed by atoms with E-state index in [1.807, 2.05) is 43.3 Å². The number of aryl methyl sites for hydroxylation is 1. The first-order chi connectivity index (χ1) is 11.0. The third-order valence-corrected chi connectivity index (χ3v) is 3.62. The molecule has 5 nitrogen and oxygen atoms in total. The second kappa shape index (κ2) is 7.65. The maximum absolute atomic E-state index is 12.3. The number of amides is 3. The summed E-state index contributed by atoms with van der Waals surface area (Å²) in [4.78, 5) is 23.4. The van der Waals surface area contributed by atoms with Gasteiger partial charge in [0.1, 0.15) is 0 Å². The van der Waals surface area contributed by atoms with E-state index in [4.69, 9.17) is 17.3 Å². The number of halogens is 1. The summed E-state index contributed by atoms with van der Waals surface area (Å²) in [5.74, 6) is -0.265. The van der Waals surface area contributed by atoms with Gasteiger partial charge in [0.25, 0.3) is 0 Å². The lowest BCUT2D eigenvalue weighted by Crippen LogP contribution is -2.35. The van der Waals surface area contributed by atoms with Crippen molar-refractivity contribution in [3.63, 3.8) is 0 Å². The largest absolute Gasteiger partial charge is 0.352 e. The van der Waals surface area contributed by atoms with Crippen LogP contribution in [-0.4, -0.2) is 11.9 Å². The molecule has 0 spiro atoms. The Morgan fingerprint density at radius 3 is 2.48 bits per heavy atom. The van der Waals surface area contributed by atoms with Gasteiger partial charge in [0, 0.05) is 0 Å². The molecule has 2 rings (SSSR count). The highest BCUT2D eigenvalue weighted by atomic mass is 35.5. The number of hydrogen-bond acceptors (Lipinski definition) is 2. The van der Waals surface area contributed by atoms with E-state index in [-0.39, 0.29) is 12.3 Å². The van der Waals surface area contributed by atoms with Gasteiger partial charge >= 0.3 is 6.03 Å². The number of anilines is 1. The van der Waals surface area contributed by atoms with E-state index < -0.39 is 12.1 Å². The lowest BCUT2D eigenvalue weighted by Gasteiger charge is -2.18. The standard InChI is InChI=1S/C17H18ClN3O2/c1-11-7-8-14(13(18)9-11)20-16(22)10-15(21-17(19)23)12-5-3-2-4-6-12/h2-9,15H,10H2,1H3,(H,20,22)(H3,19,21,23). The van der Waals surface area contributed by atoms with Gasteiger partial charge in [-0.25, -0.2) is 4.79 Å². The second-order valence-electron chi connectivity index (χ2n) is 5.21. The lowest BCUT2D eigenvalue weighted by molar-refractivity contribution is -0.116. The van der Waals surface area contributed by atoms with Crippen molar-refractivity contribution in [1.82, 2.24) is 5.32 Å². The lowest BCUT2D eigenvalue weighted by atomic mass is 10.0. The number of hydrogen-bond donors (Lipinski definition) is 3. The summed E-state index contributed by atoms with van der Waals surface area (Å²) >= 11 is 6.11. The first-order valence-electron chi connectivity index (χ1n) is 7.12. The zero-order chi connectivity index (χ0) is 16.8. The van der Waals surface area contributed by atoms with Gasteiger partial charge in [-0.15, -0.1) is 0 Å². The number of primary amides is 1. The van der Waals surface area contributed by atoms with E-state index in [1.165, 1.54) is 0 Å². The highest BCUT2D eigenvalue weighted by Crippen LogP contribution is 2.24. The monoisotopic (exact) mass is 331 g/mol. The first kappa shape index (κ1) is 16.8. The van der Waals surface area contributed by atoms with Gasteiger partial charge in [0.15, 0.2) is 0 Å². The predicted octanol–water partition coefficient (Wildman–Crippen LogP) is 3.39. The van der Waals surface area contributed by atoms with Crippen LogP contribution >= 0.6 is 11.6 Å². The maximum atomic E-state index is 12.3. The van der Waals surface area contributed by atoms with Gasteiger partial charge in [0.2, 0.25) is 5.91 Å². The summed E-state index contributed by atoms with van der Waals surface area (Å²) in [6.07, 6.45) is 0.0527. The molecule has 120 valence electrons.